The van der Waals surface area contributed by atoms with Crippen molar-refractivity contribution < 1.29 is 22.7 Å². The van der Waals surface area contributed by atoms with Gasteiger partial charge in [-0.05, 0) is 5.56 Å². The van der Waals surface area contributed by atoms with Crippen molar-refractivity contribution in [3.8, 4) is 0 Å². The number of carbonyl (C=O) groups is 1. The molecule has 0 aliphatic carbocycles. The number of hydrogen-bond acceptors (Lipinski definition) is 2. The van der Waals surface area contributed by atoms with Gasteiger partial charge in [0.05, 0.1) is 18.8 Å². The van der Waals surface area contributed by atoms with Gasteiger partial charge in [0.1, 0.15) is 0 Å². The van der Waals surface area contributed by atoms with Crippen molar-refractivity contribution in [3.63, 3.8) is 0 Å². The number of halogens is 3. The van der Waals surface area contributed by atoms with E-state index in [2.05, 4.69) is 0 Å². The van der Waals surface area contributed by atoms with Crippen LogP contribution in [0.1, 0.15) is 5.56 Å². The maximum Gasteiger partial charge on any atom is 0.410 e. The van der Waals surface area contributed by atoms with Crippen LogP contribution in [0.15, 0.2) is 36.4 Å². The molecule has 0 radical (unpaired) electrons. The first-order valence-electron chi connectivity index (χ1n) is 6.19. The molecule has 1 aliphatic heterocycles. The van der Waals surface area contributed by atoms with Gasteiger partial charge in [-0.15, -0.1) is 0 Å². The summed E-state index contributed by atoms with van der Waals surface area (Å²) in [6.07, 6.45) is -4.47. The second kappa shape index (κ2) is 6.09. The fraction of sp³-hybridized carbons (Fsp3) is 0.357. The Balaban J connectivity index is 2.32. The number of amides is 1. The van der Waals surface area contributed by atoms with E-state index in [-0.39, 0.29) is 17.2 Å². The third-order valence-corrected chi connectivity index (χ3v) is 2.92. The van der Waals surface area contributed by atoms with Gasteiger partial charge in [-0.1, -0.05) is 30.3 Å². The Morgan fingerprint density at radius 2 is 1.75 bits per heavy atom. The zero-order valence-corrected chi connectivity index (χ0v) is 10.7. The molecule has 3 nitrogen and oxygen atoms in total. The third-order valence-electron chi connectivity index (χ3n) is 2.92. The maximum absolute atomic E-state index is 12.6. The molecule has 1 aromatic carbocycles. The second-order valence-electron chi connectivity index (χ2n) is 4.37. The van der Waals surface area contributed by atoms with Gasteiger partial charge in [-0.3, -0.25) is 4.79 Å². The zero-order chi connectivity index (χ0) is 14.6. The van der Waals surface area contributed by atoms with Crippen molar-refractivity contribution in [2.24, 2.45) is 0 Å². The van der Waals surface area contributed by atoms with E-state index in [1.54, 1.807) is 18.2 Å². The van der Waals surface area contributed by atoms with Gasteiger partial charge in [-0.25, -0.2) is 0 Å². The first kappa shape index (κ1) is 14.6. The smallest absolute Gasteiger partial charge is 0.378 e. The normalized spacial score (nSPS) is 17.1. The van der Waals surface area contributed by atoms with Gasteiger partial charge in [0.2, 0.25) is 0 Å². The van der Waals surface area contributed by atoms with Gasteiger partial charge in [0.25, 0.3) is 5.91 Å². The molecular weight excluding hydrogens is 271 g/mol. The number of hydrogen-bond donors (Lipinski definition) is 0. The van der Waals surface area contributed by atoms with E-state index < -0.39 is 12.1 Å². The third kappa shape index (κ3) is 3.84. The van der Waals surface area contributed by atoms with Crippen molar-refractivity contribution in [2.75, 3.05) is 26.3 Å². The summed E-state index contributed by atoms with van der Waals surface area (Å²) in [6.45, 7) is 1.31. The number of ether oxygens (including phenoxy) is 1. The molecule has 1 heterocycles. The number of alkyl halides is 3. The molecule has 1 fully saturated rings. The summed E-state index contributed by atoms with van der Waals surface area (Å²) in [4.78, 5) is 13.7. The van der Waals surface area contributed by atoms with Gasteiger partial charge in [-0.2, -0.15) is 13.2 Å². The highest BCUT2D eigenvalue weighted by atomic mass is 19.4. The van der Waals surface area contributed by atoms with E-state index >= 15 is 0 Å². The highest BCUT2D eigenvalue weighted by Crippen LogP contribution is 2.26. The second-order valence-corrected chi connectivity index (χ2v) is 4.37. The molecule has 1 amide bonds. The van der Waals surface area contributed by atoms with E-state index in [4.69, 9.17) is 4.74 Å². The number of allylic oxidation sites excluding steroid dienone is 1. The first-order chi connectivity index (χ1) is 9.47. The van der Waals surface area contributed by atoms with Crippen molar-refractivity contribution in [1.29, 1.82) is 0 Å². The van der Waals surface area contributed by atoms with Crippen LogP contribution >= 0.6 is 0 Å². The zero-order valence-electron chi connectivity index (χ0n) is 10.7. The SMILES string of the molecule is O=C(/C(=C\C(F)(F)F)c1ccccc1)N1CCOCC1. The minimum atomic E-state index is -4.53. The molecule has 0 N–H and O–H groups in total. The van der Waals surface area contributed by atoms with Crippen LogP contribution in [-0.2, 0) is 9.53 Å². The number of carbonyl (C=O) groups excluding carboxylic acids is 1. The molecule has 1 saturated heterocycles. The largest absolute Gasteiger partial charge is 0.410 e. The lowest BCUT2D eigenvalue weighted by atomic mass is 10.0. The Kier molecular flexibility index (Phi) is 4.44. The summed E-state index contributed by atoms with van der Waals surface area (Å²) in [5, 5.41) is 0. The van der Waals surface area contributed by atoms with Crippen LogP contribution in [0.2, 0.25) is 0 Å². The molecule has 2 rings (SSSR count). The van der Waals surface area contributed by atoms with Crippen LogP contribution in [0, 0.1) is 0 Å². The molecular formula is C14H14F3NO2. The average Bonchev–Trinajstić information content (AvgIpc) is 2.45. The van der Waals surface area contributed by atoms with Gasteiger partial charge in [0.15, 0.2) is 0 Å². The van der Waals surface area contributed by atoms with E-state index in [0.29, 0.717) is 26.3 Å². The van der Waals surface area contributed by atoms with Crippen LogP contribution in [0.4, 0.5) is 13.2 Å². The molecule has 0 saturated carbocycles. The Bertz CT molecular complexity index is 491. The number of morpholine rings is 1. The lowest BCUT2D eigenvalue weighted by molar-refractivity contribution is -0.129. The topological polar surface area (TPSA) is 29.5 Å². The molecule has 0 atom stereocenters. The average molecular weight is 285 g/mol. The van der Waals surface area contributed by atoms with E-state index in [0.717, 1.165) is 0 Å². The Morgan fingerprint density at radius 1 is 1.15 bits per heavy atom. The van der Waals surface area contributed by atoms with Crippen LogP contribution in [-0.4, -0.2) is 43.3 Å². The molecule has 108 valence electrons. The summed E-state index contributed by atoms with van der Waals surface area (Å²) < 4.78 is 43.0. The highest BCUT2D eigenvalue weighted by molar-refractivity contribution is 6.19. The van der Waals surface area contributed by atoms with Crippen molar-refractivity contribution >= 4 is 11.5 Å². The Morgan fingerprint density at radius 3 is 2.30 bits per heavy atom. The quantitative estimate of drug-likeness (QED) is 0.781. The van der Waals surface area contributed by atoms with E-state index in [9.17, 15) is 18.0 Å². The van der Waals surface area contributed by atoms with Crippen LogP contribution in [0.3, 0.4) is 0 Å². The molecule has 0 spiro atoms. The summed E-state index contributed by atoms with van der Waals surface area (Å²) in [7, 11) is 0. The molecule has 1 aliphatic rings. The molecule has 0 unspecified atom stereocenters. The van der Waals surface area contributed by atoms with E-state index in [1.165, 1.54) is 17.0 Å². The molecule has 0 bridgehead atoms. The standard InChI is InChI=1S/C14H14F3NO2/c15-14(16,17)10-12(11-4-2-1-3-5-11)13(19)18-6-8-20-9-7-18/h1-5,10H,6-9H2/b12-10-. The number of benzene rings is 1. The molecule has 0 aromatic heterocycles. The molecule has 20 heavy (non-hydrogen) atoms. The van der Waals surface area contributed by atoms with Crippen LogP contribution < -0.4 is 0 Å². The minimum absolute atomic E-state index is 0.0696. The van der Waals surface area contributed by atoms with Gasteiger partial charge < -0.3 is 9.64 Å². The highest BCUT2D eigenvalue weighted by Gasteiger charge is 2.30. The summed E-state index contributed by atoms with van der Waals surface area (Å²) in [5.74, 6) is -0.614. The predicted molar refractivity (Wildman–Crippen MR) is 67.9 cm³/mol. The van der Waals surface area contributed by atoms with Gasteiger partial charge >= 0.3 is 6.18 Å². The fourth-order valence-corrected chi connectivity index (χ4v) is 1.99. The first-order valence-corrected chi connectivity index (χ1v) is 6.19. The minimum Gasteiger partial charge on any atom is -0.378 e. The lowest BCUT2D eigenvalue weighted by Gasteiger charge is -2.28. The predicted octanol–water partition coefficient (Wildman–Crippen LogP) is 2.49. The number of rotatable bonds is 2. The fourth-order valence-electron chi connectivity index (χ4n) is 1.99. The lowest BCUT2D eigenvalue weighted by Crippen LogP contribution is -2.41. The van der Waals surface area contributed by atoms with Crippen molar-refractivity contribution in [1.82, 2.24) is 4.90 Å². The summed E-state index contributed by atoms with van der Waals surface area (Å²) in [6, 6.07) is 7.89. The molecule has 1 aromatic rings. The molecule has 6 heteroatoms. The number of nitrogens with zero attached hydrogens (tertiary/aromatic N) is 1. The van der Waals surface area contributed by atoms with Crippen molar-refractivity contribution in [2.45, 2.75) is 6.18 Å². The monoisotopic (exact) mass is 285 g/mol. The van der Waals surface area contributed by atoms with Crippen molar-refractivity contribution in [3.05, 3.63) is 42.0 Å². The van der Waals surface area contributed by atoms with Crippen LogP contribution in [0.5, 0.6) is 0 Å². The summed E-state index contributed by atoms with van der Waals surface area (Å²) >= 11 is 0. The van der Waals surface area contributed by atoms with Gasteiger partial charge in [0, 0.05) is 19.2 Å². The van der Waals surface area contributed by atoms with E-state index in [1.807, 2.05) is 0 Å². The Labute approximate surface area is 114 Å². The maximum atomic E-state index is 12.6. The Hall–Kier alpha value is -1.82. The summed E-state index contributed by atoms with van der Waals surface area (Å²) in [5.41, 5.74) is -0.0682. The van der Waals surface area contributed by atoms with Crippen LogP contribution in [0.25, 0.3) is 5.57 Å².